The number of para-hydroxylation sites is 1. The van der Waals surface area contributed by atoms with Crippen molar-refractivity contribution < 1.29 is 4.79 Å². The molecule has 20 heavy (non-hydrogen) atoms. The summed E-state index contributed by atoms with van der Waals surface area (Å²) in [5.74, 6) is -0.0663. The number of aryl methyl sites for hydroxylation is 1. The van der Waals surface area contributed by atoms with E-state index in [4.69, 9.17) is 5.26 Å². The Kier molecular flexibility index (Phi) is 4.52. The number of carbonyl (C=O) groups is 1. The van der Waals surface area contributed by atoms with Crippen molar-refractivity contribution in [2.45, 2.75) is 13.3 Å². The van der Waals surface area contributed by atoms with Gasteiger partial charge in [-0.2, -0.15) is 5.26 Å². The first kappa shape index (κ1) is 13.8. The molecule has 2 rings (SSSR count). The standard InChI is InChI=1S/C17H16N2O/c1-14-6-5-7-15(12-14)13-17(20)19(11-10-18)16-8-3-2-4-9-16/h2-9,12H,11,13H2,1H3. The first-order valence-electron chi connectivity index (χ1n) is 6.48. The van der Waals surface area contributed by atoms with Crippen LogP contribution in [0.3, 0.4) is 0 Å². The summed E-state index contributed by atoms with van der Waals surface area (Å²) in [6.07, 6.45) is 0.304. The second kappa shape index (κ2) is 6.53. The lowest BCUT2D eigenvalue weighted by molar-refractivity contribution is -0.117. The van der Waals surface area contributed by atoms with Gasteiger partial charge in [0, 0.05) is 5.69 Å². The Labute approximate surface area is 119 Å². The van der Waals surface area contributed by atoms with E-state index in [0.717, 1.165) is 16.8 Å². The third-order valence-electron chi connectivity index (χ3n) is 3.04. The average Bonchev–Trinajstić information content (AvgIpc) is 2.45. The van der Waals surface area contributed by atoms with Crippen LogP contribution in [0.5, 0.6) is 0 Å². The van der Waals surface area contributed by atoms with Crippen LogP contribution in [0.2, 0.25) is 0 Å². The molecule has 0 bridgehead atoms. The highest BCUT2D eigenvalue weighted by Gasteiger charge is 2.15. The normalized spacial score (nSPS) is 9.80. The van der Waals surface area contributed by atoms with E-state index in [0.29, 0.717) is 6.42 Å². The Hall–Kier alpha value is -2.60. The molecule has 0 unspecified atom stereocenters. The summed E-state index contributed by atoms with van der Waals surface area (Å²) in [4.78, 5) is 13.9. The smallest absolute Gasteiger partial charge is 0.232 e. The van der Waals surface area contributed by atoms with Gasteiger partial charge < -0.3 is 0 Å². The van der Waals surface area contributed by atoms with Gasteiger partial charge in [-0.3, -0.25) is 9.69 Å². The van der Waals surface area contributed by atoms with E-state index in [9.17, 15) is 4.79 Å². The fourth-order valence-corrected chi connectivity index (χ4v) is 2.09. The zero-order valence-corrected chi connectivity index (χ0v) is 11.4. The van der Waals surface area contributed by atoms with Gasteiger partial charge in [-0.1, -0.05) is 48.0 Å². The molecule has 0 radical (unpaired) electrons. The van der Waals surface area contributed by atoms with Crippen LogP contribution in [0.4, 0.5) is 5.69 Å². The lowest BCUT2D eigenvalue weighted by atomic mass is 10.1. The van der Waals surface area contributed by atoms with E-state index < -0.39 is 0 Å². The third kappa shape index (κ3) is 3.46. The number of hydrogen-bond acceptors (Lipinski definition) is 2. The minimum atomic E-state index is -0.0663. The van der Waals surface area contributed by atoms with Crippen molar-refractivity contribution in [3.63, 3.8) is 0 Å². The number of nitriles is 1. The lowest BCUT2D eigenvalue weighted by Gasteiger charge is -2.19. The van der Waals surface area contributed by atoms with E-state index in [2.05, 4.69) is 0 Å². The molecule has 0 saturated heterocycles. The van der Waals surface area contributed by atoms with Crippen LogP contribution in [0.25, 0.3) is 0 Å². The van der Waals surface area contributed by atoms with Crippen LogP contribution in [0.1, 0.15) is 11.1 Å². The Morgan fingerprint density at radius 1 is 1.15 bits per heavy atom. The SMILES string of the molecule is Cc1cccc(CC(=O)N(CC#N)c2ccccc2)c1. The van der Waals surface area contributed by atoms with Gasteiger partial charge in [-0.15, -0.1) is 0 Å². The largest absolute Gasteiger partial charge is 0.298 e. The van der Waals surface area contributed by atoms with Crippen LogP contribution in [-0.2, 0) is 11.2 Å². The Morgan fingerprint density at radius 3 is 2.55 bits per heavy atom. The maximum Gasteiger partial charge on any atom is 0.232 e. The molecule has 0 aliphatic carbocycles. The molecule has 0 N–H and O–H groups in total. The maximum atomic E-state index is 12.4. The monoisotopic (exact) mass is 264 g/mol. The predicted molar refractivity (Wildman–Crippen MR) is 79.3 cm³/mol. The second-order valence-corrected chi connectivity index (χ2v) is 4.64. The minimum Gasteiger partial charge on any atom is -0.298 e. The minimum absolute atomic E-state index is 0.0641. The van der Waals surface area contributed by atoms with Crippen molar-refractivity contribution in [1.29, 1.82) is 5.26 Å². The molecule has 0 saturated carbocycles. The van der Waals surface area contributed by atoms with E-state index in [-0.39, 0.29) is 12.5 Å². The van der Waals surface area contributed by atoms with E-state index >= 15 is 0 Å². The Morgan fingerprint density at radius 2 is 1.90 bits per heavy atom. The molecule has 100 valence electrons. The van der Waals surface area contributed by atoms with Gasteiger partial charge in [0.2, 0.25) is 5.91 Å². The summed E-state index contributed by atoms with van der Waals surface area (Å²) in [6, 6.07) is 19.2. The molecular formula is C17H16N2O. The van der Waals surface area contributed by atoms with E-state index in [1.54, 1.807) is 0 Å². The van der Waals surface area contributed by atoms with Crippen LogP contribution in [-0.4, -0.2) is 12.5 Å². The molecule has 0 aromatic heterocycles. The first-order valence-corrected chi connectivity index (χ1v) is 6.48. The van der Waals surface area contributed by atoms with Crippen molar-refractivity contribution in [2.24, 2.45) is 0 Å². The van der Waals surface area contributed by atoms with Crippen molar-refractivity contribution in [3.8, 4) is 6.07 Å². The average molecular weight is 264 g/mol. The lowest BCUT2D eigenvalue weighted by Crippen LogP contribution is -2.32. The van der Waals surface area contributed by atoms with Gasteiger partial charge in [-0.05, 0) is 24.6 Å². The molecule has 0 spiro atoms. The first-order chi connectivity index (χ1) is 9.70. The van der Waals surface area contributed by atoms with Gasteiger partial charge >= 0.3 is 0 Å². The van der Waals surface area contributed by atoms with Gasteiger partial charge in [0.05, 0.1) is 12.5 Å². The van der Waals surface area contributed by atoms with Gasteiger partial charge in [0.15, 0.2) is 0 Å². The number of carbonyl (C=O) groups excluding carboxylic acids is 1. The highest BCUT2D eigenvalue weighted by Crippen LogP contribution is 2.15. The highest BCUT2D eigenvalue weighted by atomic mass is 16.2. The van der Waals surface area contributed by atoms with Crippen LogP contribution in [0.15, 0.2) is 54.6 Å². The Bertz CT molecular complexity index is 629. The van der Waals surface area contributed by atoms with E-state index in [1.165, 1.54) is 4.90 Å². The van der Waals surface area contributed by atoms with Gasteiger partial charge in [-0.25, -0.2) is 0 Å². The van der Waals surface area contributed by atoms with Gasteiger partial charge in [0.1, 0.15) is 6.54 Å². The Balaban J connectivity index is 2.18. The topological polar surface area (TPSA) is 44.1 Å². The number of benzene rings is 2. The fourth-order valence-electron chi connectivity index (χ4n) is 2.09. The third-order valence-corrected chi connectivity index (χ3v) is 3.04. The number of amides is 1. The molecule has 0 aliphatic heterocycles. The zero-order valence-electron chi connectivity index (χ0n) is 11.4. The molecule has 2 aromatic rings. The number of nitrogens with zero attached hydrogens (tertiary/aromatic N) is 2. The molecule has 0 aliphatic rings. The zero-order chi connectivity index (χ0) is 14.4. The van der Waals surface area contributed by atoms with Crippen molar-refractivity contribution >= 4 is 11.6 Å². The number of hydrogen-bond donors (Lipinski definition) is 0. The highest BCUT2D eigenvalue weighted by molar-refractivity contribution is 5.95. The summed E-state index contributed by atoms with van der Waals surface area (Å²) in [5.41, 5.74) is 2.85. The molecule has 2 aromatic carbocycles. The molecule has 1 amide bonds. The summed E-state index contributed by atoms with van der Waals surface area (Å²) in [7, 11) is 0. The van der Waals surface area contributed by atoms with Gasteiger partial charge in [0.25, 0.3) is 0 Å². The molecule has 0 atom stereocenters. The number of anilines is 1. The molecule has 0 heterocycles. The van der Waals surface area contributed by atoms with E-state index in [1.807, 2.05) is 67.6 Å². The van der Waals surface area contributed by atoms with Crippen molar-refractivity contribution in [1.82, 2.24) is 0 Å². The fraction of sp³-hybridized carbons (Fsp3) is 0.176. The van der Waals surface area contributed by atoms with Crippen molar-refractivity contribution in [3.05, 3.63) is 65.7 Å². The summed E-state index contributed by atoms with van der Waals surface area (Å²) in [6.45, 7) is 2.06. The molecule has 0 fully saturated rings. The second-order valence-electron chi connectivity index (χ2n) is 4.64. The molecular weight excluding hydrogens is 248 g/mol. The van der Waals surface area contributed by atoms with Crippen LogP contribution in [0, 0.1) is 18.3 Å². The predicted octanol–water partition coefficient (Wildman–Crippen LogP) is 3.09. The number of rotatable bonds is 4. The molecule has 3 nitrogen and oxygen atoms in total. The summed E-state index contributed by atoms with van der Waals surface area (Å²) < 4.78 is 0. The van der Waals surface area contributed by atoms with Crippen molar-refractivity contribution in [2.75, 3.05) is 11.4 Å². The summed E-state index contributed by atoms with van der Waals surface area (Å²) in [5, 5.41) is 8.91. The summed E-state index contributed by atoms with van der Waals surface area (Å²) >= 11 is 0. The van der Waals surface area contributed by atoms with Crippen LogP contribution < -0.4 is 4.90 Å². The maximum absolute atomic E-state index is 12.4. The quantitative estimate of drug-likeness (QED) is 0.796. The molecule has 3 heteroatoms. The van der Waals surface area contributed by atoms with Crippen LogP contribution >= 0.6 is 0 Å².